The van der Waals surface area contributed by atoms with E-state index in [9.17, 15) is 9.59 Å². The smallest absolute Gasteiger partial charge is 0.309 e. The molecule has 0 saturated carbocycles. The van der Waals surface area contributed by atoms with Gasteiger partial charge < -0.3 is 24.6 Å². The van der Waals surface area contributed by atoms with Gasteiger partial charge in [-0.1, -0.05) is 12.1 Å². The monoisotopic (exact) mass is 404 g/mol. The van der Waals surface area contributed by atoms with Crippen molar-refractivity contribution in [1.29, 1.82) is 0 Å². The number of hydrogen-bond donors (Lipinski definition) is 1. The van der Waals surface area contributed by atoms with Crippen LogP contribution in [0.2, 0.25) is 0 Å². The molecule has 2 rings (SSSR count). The highest BCUT2D eigenvalue weighted by atomic mass is 16.5. The van der Waals surface area contributed by atoms with Crippen LogP contribution in [0.4, 0.5) is 0 Å². The molecule has 0 aliphatic carbocycles. The predicted octanol–water partition coefficient (Wildman–Crippen LogP) is 1.50. The Morgan fingerprint density at radius 2 is 2.00 bits per heavy atom. The third kappa shape index (κ3) is 6.96. The molecule has 0 atom stereocenters. The first-order chi connectivity index (χ1) is 13.9. The van der Waals surface area contributed by atoms with Gasteiger partial charge in [0.1, 0.15) is 5.75 Å². The Morgan fingerprint density at radius 3 is 2.62 bits per heavy atom. The normalized spacial score (nSPS) is 15.0. The molecule has 0 radical (unpaired) electrons. The van der Waals surface area contributed by atoms with Crippen molar-refractivity contribution < 1.29 is 19.1 Å². The van der Waals surface area contributed by atoms with Gasteiger partial charge in [0.15, 0.2) is 12.6 Å². The molecule has 8 nitrogen and oxygen atoms in total. The number of amides is 1. The van der Waals surface area contributed by atoms with Crippen molar-refractivity contribution in [3.8, 4) is 5.75 Å². The summed E-state index contributed by atoms with van der Waals surface area (Å²) in [5, 5.41) is 3.36. The molecule has 160 valence electrons. The number of rotatable bonds is 7. The third-order valence-corrected chi connectivity index (χ3v) is 4.84. The first-order valence-corrected chi connectivity index (χ1v) is 9.98. The second kappa shape index (κ2) is 11.3. The van der Waals surface area contributed by atoms with Crippen LogP contribution < -0.4 is 10.1 Å². The average molecular weight is 405 g/mol. The molecule has 29 heavy (non-hydrogen) atoms. The van der Waals surface area contributed by atoms with Crippen molar-refractivity contribution in [2.24, 2.45) is 10.9 Å². The predicted molar refractivity (Wildman–Crippen MR) is 112 cm³/mol. The topological polar surface area (TPSA) is 83.5 Å². The highest BCUT2D eigenvalue weighted by Crippen LogP contribution is 2.19. The van der Waals surface area contributed by atoms with Gasteiger partial charge >= 0.3 is 5.97 Å². The maximum atomic E-state index is 11.9. The fourth-order valence-electron chi connectivity index (χ4n) is 3.12. The summed E-state index contributed by atoms with van der Waals surface area (Å²) in [5.74, 6) is 1.26. The number of ether oxygens (including phenoxy) is 2. The number of likely N-dealkylation sites (tertiary alicyclic amines) is 1. The molecule has 1 saturated heterocycles. The van der Waals surface area contributed by atoms with E-state index in [0.717, 1.165) is 37.5 Å². The first kappa shape index (κ1) is 22.5. The molecule has 1 heterocycles. The van der Waals surface area contributed by atoms with Gasteiger partial charge in [-0.05, 0) is 37.5 Å². The molecule has 0 unspecified atom stereocenters. The van der Waals surface area contributed by atoms with Gasteiger partial charge in [0.25, 0.3) is 5.91 Å². The van der Waals surface area contributed by atoms with E-state index in [1.54, 1.807) is 21.1 Å². The van der Waals surface area contributed by atoms with Crippen molar-refractivity contribution in [1.82, 2.24) is 15.1 Å². The number of aliphatic imine (C=N–C) groups is 1. The Balaban J connectivity index is 1.84. The number of hydrogen-bond acceptors (Lipinski definition) is 5. The molecule has 1 aliphatic heterocycles. The molecule has 1 aliphatic rings. The molecular weight excluding hydrogens is 372 g/mol. The Bertz CT molecular complexity index is 712. The van der Waals surface area contributed by atoms with Crippen LogP contribution >= 0.6 is 0 Å². The zero-order chi connectivity index (χ0) is 21.2. The maximum Gasteiger partial charge on any atom is 0.309 e. The summed E-state index contributed by atoms with van der Waals surface area (Å²) in [6, 6.07) is 7.64. The third-order valence-electron chi connectivity index (χ3n) is 4.84. The quantitative estimate of drug-likeness (QED) is 0.421. The lowest BCUT2D eigenvalue weighted by molar-refractivity contribution is -0.149. The van der Waals surface area contributed by atoms with Gasteiger partial charge in [0, 0.05) is 40.8 Å². The number of likely N-dealkylation sites (N-methyl/N-ethyl adjacent to an activating group) is 1. The van der Waals surface area contributed by atoms with Crippen LogP contribution in [0.15, 0.2) is 29.3 Å². The van der Waals surface area contributed by atoms with Crippen LogP contribution in [0, 0.1) is 5.92 Å². The van der Waals surface area contributed by atoms with Crippen LogP contribution in [0.3, 0.4) is 0 Å². The Labute approximate surface area is 172 Å². The Hall–Kier alpha value is -2.77. The fraction of sp³-hybridized carbons (Fsp3) is 0.571. The molecule has 1 N–H and O–H groups in total. The molecule has 8 heteroatoms. The van der Waals surface area contributed by atoms with Crippen molar-refractivity contribution in [3.63, 3.8) is 0 Å². The van der Waals surface area contributed by atoms with Crippen LogP contribution in [0.1, 0.15) is 25.3 Å². The molecule has 1 aromatic rings. The van der Waals surface area contributed by atoms with Crippen molar-refractivity contribution in [3.05, 3.63) is 29.8 Å². The van der Waals surface area contributed by atoms with Crippen molar-refractivity contribution in [2.75, 3.05) is 47.4 Å². The summed E-state index contributed by atoms with van der Waals surface area (Å²) in [5.41, 5.74) is 1.03. The number of esters is 1. The molecule has 1 aromatic carbocycles. The molecule has 1 amide bonds. The number of carbonyl (C=O) groups excluding carboxylic acids is 2. The number of piperidine rings is 1. The lowest BCUT2D eigenvalue weighted by atomic mass is 9.97. The van der Waals surface area contributed by atoms with Gasteiger partial charge in [0.2, 0.25) is 0 Å². The molecule has 0 bridgehead atoms. The molecule has 0 spiro atoms. The number of nitrogens with zero attached hydrogens (tertiary/aromatic N) is 3. The number of guanidine groups is 1. The zero-order valence-corrected chi connectivity index (χ0v) is 17.8. The van der Waals surface area contributed by atoms with Gasteiger partial charge in [-0.25, -0.2) is 0 Å². The summed E-state index contributed by atoms with van der Waals surface area (Å²) in [7, 11) is 5.16. The van der Waals surface area contributed by atoms with Crippen LogP contribution in [-0.2, 0) is 20.9 Å². The zero-order valence-electron chi connectivity index (χ0n) is 17.8. The average Bonchev–Trinajstić information content (AvgIpc) is 2.73. The lowest BCUT2D eigenvalue weighted by Crippen LogP contribution is -2.46. The highest BCUT2D eigenvalue weighted by Gasteiger charge is 2.27. The highest BCUT2D eigenvalue weighted by molar-refractivity contribution is 5.80. The van der Waals surface area contributed by atoms with E-state index < -0.39 is 0 Å². The molecular formula is C21H32N4O4. The van der Waals surface area contributed by atoms with Gasteiger partial charge in [-0.3, -0.25) is 14.6 Å². The van der Waals surface area contributed by atoms with E-state index >= 15 is 0 Å². The van der Waals surface area contributed by atoms with E-state index in [1.807, 2.05) is 31.2 Å². The van der Waals surface area contributed by atoms with Gasteiger partial charge in [-0.15, -0.1) is 0 Å². The minimum absolute atomic E-state index is 0.0148. The van der Waals surface area contributed by atoms with E-state index in [4.69, 9.17) is 9.47 Å². The SMILES string of the molecule is CCOC(=O)C1CCN(C(=NC)NCc2cccc(OCC(=O)N(C)C)c2)CC1. The number of carbonyl (C=O) groups is 2. The minimum Gasteiger partial charge on any atom is -0.484 e. The first-order valence-electron chi connectivity index (χ1n) is 9.98. The number of nitrogens with one attached hydrogen (secondary N) is 1. The molecule has 1 fully saturated rings. The fourth-order valence-corrected chi connectivity index (χ4v) is 3.12. The summed E-state index contributed by atoms with van der Waals surface area (Å²) in [4.78, 5) is 31.6. The second-order valence-corrected chi connectivity index (χ2v) is 7.14. The number of benzene rings is 1. The van der Waals surface area contributed by atoms with E-state index in [-0.39, 0.29) is 24.4 Å². The van der Waals surface area contributed by atoms with E-state index in [1.165, 1.54) is 4.90 Å². The molecule has 0 aromatic heterocycles. The largest absolute Gasteiger partial charge is 0.484 e. The van der Waals surface area contributed by atoms with Gasteiger partial charge in [-0.2, -0.15) is 0 Å². The Kier molecular flexibility index (Phi) is 8.76. The summed E-state index contributed by atoms with van der Waals surface area (Å²) in [6.07, 6.45) is 1.53. The van der Waals surface area contributed by atoms with E-state index in [2.05, 4.69) is 15.2 Å². The van der Waals surface area contributed by atoms with Crippen molar-refractivity contribution >= 4 is 17.8 Å². The summed E-state index contributed by atoms with van der Waals surface area (Å²) >= 11 is 0. The van der Waals surface area contributed by atoms with Crippen LogP contribution in [0.5, 0.6) is 5.75 Å². The van der Waals surface area contributed by atoms with Crippen molar-refractivity contribution in [2.45, 2.75) is 26.3 Å². The van der Waals surface area contributed by atoms with Gasteiger partial charge in [0.05, 0.1) is 12.5 Å². The van der Waals surface area contributed by atoms with E-state index in [0.29, 0.717) is 18.9 Å². The summed E-state index contributed by atoms with van der Waals surface area (Å²) < 4.78 is 10.7. The minimum atomic E-state index is -0.0975. The summed E-state index contributed by atoms with van der Waals surface area (Å²) in [6.45, 7) is 4.38. The van der Waals surface area contributed by atoms with Crippen LogP contribution in [0.25, 0.3) is 0 Å². The lowest BCUT2D eigenvalue weighted by Gasteiger charge is -2.33. The Morgan fingerprint density at radius 1 is 1.28 bits per heavy atom. The standard InChI is InChI=1S/C21H32N4O4/c1-5-28-20(27)17-9-11-25(12-10-17)21(22-2)23-14-16-7-6-8-18(13-16)29-15-19(26)24(3)4/h6-8,13,17H,5,9-12,14-15H2,1-4H3,(H,22,23). The maximum absolute atomic E-state index is 11.9. The van der Waals surface area contributed by atoms with Crippen LogP contribution in [-0.4, -0.2) is 75.1 Å². The second-order valence-electron chi connectivity index (χ2n) is 7.14.